The minimum atomic E-state index is -0.316. The molecule has 1 aromatic carbocycles. The molecule has 0 bridgehead atoms. The van der Waals surface area contributed by atoms with Crippen LogP contribution < -0.4 is 4.74 Å². The van der Waals surface area contributed by atoms with Crippen LogP contribution in [0.15, 0.2) is 41.5 Å². The van der Waals surface area contributed by atoms with Gasteiger partial charge in [-0.2, -0.15) is 5.10 Å². The van der Waals surface area contributed by atoms with Gasteiger partial charge in [0, 0.05) is 24.6 Å². The van der Waals surface area contributed by atoms with Crippen molar-refractivity contribution in [2.75, 3.05) is 6.61 Å². The molecule has 2 heterocycles. The van der Waals surface area contributed by atoms with Crippen LogP contribution in [0, 0.1) is 20.8 Å². The van der Waals surface area contributed by atoms with Crippen LogP contribution in [0.3, 0.4) is 0 Å². The van der Waals surface area contributed by atoms with Crippen molar-refractivity contribution >= 4 is 11.6 Å². The van der Waals surface area contributed by atoms with E-state index in [9.17, 15) is 4.79 Å². The number of benzene rings is 1. The van der Waals surface area contributed by atoms with Crippen molar-refractivity contribution in [3.8, 4) is 5.88 Å². The van der Waals surface area contributed by atoms with Crippen molar-refractivity contribution in [3.05, 3.63) is 58.8 Å². The summed E-state index contributed by atoms with van der Waals surface area (Å²) in [7, 11) is 0. The zero-order valence-electron chi connectivity index (χ0n) is 17.5. The van der Waals surface area contributed by atoms with Gasteiger partial charge in [-0.05, 0) is 52.7 Å². The first-order valence-corrected chi connectivity index (χ1v) is 9.80. The molecule has 1 aromatic heterocycles. The second-order valence-electron chi connectivity index (χ2n) is 8.19. The van der Waals surface area contributed by atoms with E-state index in [-0.39, 0.29) is 11.4 Å². The third-order valence-corrected chi connectivity index (χ3v) is 4.83. The largest absolute Gasteiger partial charge is 0.478 e. The summed E-state index contributed by atoms with van der Waals surface area (Å²) in [5, 5.41) is 6.35. The lowest BCUT2D eigenvalue weighted by Gasteiger charge is -2.28. The Kier molecular flexibility index (Phi) is 5.82. The highest BCUT2D eigenvalue weighted by Crippen LogP contribution is 2.30. The number of ether oxygens (including phenoxy) is 1. The number of hydrazone groups is 1. The van der Waals surface area contributed by atoms with Crippen LogP contribution in [-0.4, -0.2) is 33.8 Å². The molecule has 0 fully saturated rings. The van der Waals surface area contributed by atoms with E-state index >= 15 is 0 Å². The molecule has 0 aliphatic carbocycles. The van der Waals surface area contributed by atoms with Crippen LogP contribution in [-0.2, 0) is 4.79 Å². The Balaban J connectivity index is 1.61. The zero-order chi connectivity index (χ0) is 20.3. The van der Waals surface area contributed by atoms with Crippen molar-refractivity contribution in [1.29, 1.82) is 0 Å². The lowest BCUT2D eigenvalue weighted by molar-refractivity contribution is -0.135. The fraction of sp³-hybridized carbons (Fsp3) is 0.435. The van der Waals surface area contributed by atoms with Crippen molar-refractivity contribution in [2.45, 2.75) is 59.4 Å². The maximum atomic E-state index is 12.8. The number of aryl methyl sites for hydroxylation is 3. The normalized spacial score (nSPS) is 15.5. The van der Waals surface area contributed by atoms with E-state index < -0.39 is 0 Å². The minimum absolute atomic E-state index is 0.0326. The number of carbonyl (C=O) groups excluding carboxylic acids is 1. The first kappa shape index (κ1) is 20.1. The third-order valence-electron chi connectivity index (χ3n) is 4.83. The van der Waals surface area contributed by atoms with Gasteiger partial charge in [0.25, 0.3) is 0 Å². The molecule has 148 valence electrons. The molecule has 5 heteroatoms. The molecule has 0 spiro atoms. The van der Waals surface area contributed by atoms with Crippen molar-refractivity contribution in [1.82, 2.24) is 9.99 Å². The van der Waals surface area contributed by atoms with E-state index in [1.54, 1.807) is 5.01 Å². The number of aromatic nitrogens is 1. The van der Waals surface area contributed by atoms with Gasteiger partial charge >= 0.3 is 0 Å². The van der Waals surface area contributed by atoms with Gasteiger partial charge in [0.05, 0.1) is 17.9 Å². The first-order valence-electron chi connectivity index (χ1n) is 9.80. The Morgan fingerprint density at radius 2 is 1.86 bits per heavy atom. The first-order chi connectivity index (χ1) is 13.2. The Labute approximate surface area is 167 Å². The molecule has 5 nitrogen and oxygen atoms in total. The monoisotopic (exact) mass is 379 g/mol. The number of pyridine rings is 1. The van der Waals surface area contributed by atoms with E-state index in [4.69, 9.17) is 4.74 Å². The van der Waals surface area contributed by atoms with E-state index in [1.807, 2.05) is 25.1 Å². The maximum Gasteiger partial charge on any atom is 0.243 e. The number of carbonyl (C=O) groups is 1. The summed E-state index contributed by atoms with van der Waals surface area (Å²) in [5.74, 6) is 0.634. The van der Waals surface area contributed by atoms with Crippen molar-refractivity contribution < 1.29 is 9.53 Å². The highest BCUT2D eigenvalue weighted by Gasteiger charge is 2.38. The number of hydrogen-bond acceptors (Lipinski definition) is 4. The second-order valence-corrected chi connectivity index (χ2v) is 8.19. The predicted octanol–water partition coefficient (Wildman–Crippen LogP) is 4.58. The van der Waals surface area contributed by atoms with Gasteiger partial charge in [0.2, 0.25) is 11.8 Å². The highest BCUT2D eigenvalue weighted by molar-refractivity contribution is 6.03. The van der Waals surface area contributed by atoms with Crippen LogP contribution in [0.4, 0.5) is 0 Å². The summed E-state index contributed by atoms with van der Waals surface area (Å²) in [5.41, 5.74) is 5.10. The number of rotatable bonds is 6. The zero-order valence-corrected chi connectivity index (χ0v) is 17.5. The topological polar surface area (TPSA) is 54.8 Å². The van der Waals surface area contributed by atoms with Gasteiger partial charge < -0.3 is 4.74 Å². The van der Waals surface area contributed by atoms with Gasteiger partial charge in [0.15, 0.2) is 0 Å². The summed E-state index contributed by atoms with van der Waals surface area (Å²) in [4.78, 5) is 17.1. The lowest BCUT2D eigenvalue weighted by Crippen LogP contribution is -2.40. The summed E-state index contributed by atoms with van der Waals surface area (Å²) in [6, 6.07) is 12.1. The summed E-state index contributed by atoms with van der Waals surface area (Å²) >= 11 is 0. The molecule has 0 saturated heterocycles. The Hall–Kier alpha value is -2.69. The SMILES string of the molecule is Cc1cc(C)cc(C2=NN(C(=O)CCCOc3cccc(C)n3)C(C)(C)C2)c1. The quantitative estimate of drug-likeness (QED) is 0.690. The fourth-order valence-electron chi connectivity index (χ4n) is 3.57. The standard InChI is InChI=1S/C23H29N3O2/c1-16-12-17(2)14-19(13-16)20-15-23(4,5)26(25-20)22(27)10-7-11-28-21-9-6-8-18(3)24-21/h6,8-9,12-14H,7,10-11,15H2,1-5H3. The summed E-state index contributed by atoms with van der Waals surface area (Å²) in [6.07, 6.45) is 1.79. The van der Waals surface area contributed by atoms with E-state index in [2.05, 4.69) is 56.0 Å². The molecule has 0 atom stereocenters. The summed E-state index contributed by atoms with van der Waals surface area (Å²) in [6.45, 7) is 10.7. The summed E-state index contributed by atoms with van der Waals surface area (Å²) < 4.78 is 5.65. The molecule has 1 aliphatic rings. The van der Waals surface area contributed by atoms with Crippen LogP contribution in [0.2, 0.25) is 0 Å². The smallest absolute Gasteiger partial charge is 0.243 e. The number of hydrogen-bond donors (Lipinski definition) is 0. The van der Waals surface area contributed by atoms with Gasteiger partial charge in [-0.1, -0.05) is 35.4 Å². The van der Waals surface area contributed by atoms with Gasteiger partial charge in [-0.3, -0.25) is 4.79 Å². The Morgan fingerprint density at radius 3 is 2.54 bits per heavy atom. The minimum Gasteiger partial charge on any atom is -0.478 e. The third kappa shape index (κ3) is 4.77. The van der Waals surface area contributed by atoms with E-state index in [1.165, 1.54) is 11.1 Å². The van der Waals surface area contributed by atoms with Gasteiger partial charge in [-0.15, -0.1) is 0 Å². The molecule has 28 heavy (non-hydrogen) atoms. The van der Waals surface area contributed by atoms with Crippen molar-refractivity contribution in [3.63, 3.8) is 0 Å². The predicted molar refractivity (Wildman–Crippen MR) is 112 cm³/mol. The maximum absolute atomic E-state index is 12.8. The van der Waals surface area contributed by atoms with Crippen LogP contribution >= 0.6 is 0 Å². The van der Waals surface area contributed by atoms with Gasteiger partial charge in [-0.25, -0.2) is 9.99 Å². The molecule has 2 aromatic rings. The molecular formula is C23H29N3O2. The van der Waals surface area contributed by atoms with E-state index in [0.717, 1.165) is 23.4 Å². The second kappa shape index (κ2) is 8.13. The Morgan fingerprint density at radius 1 is 1.14 bits per heavy atom. The number of amides is 1. The molecule has 0 radical (unpaired) electrons. The average Bonchev–Trinajstić information content (AvgIpc) is 2.93. The highest BCUT2D eigenvalue weighted by atomic mass is 16.5. The molecule has 0 N–H and O–H groups in total. The van der Waals surface area contributed by atoms with Crippen molar-refractivity contribution in [2.24, 2.45) is 5.10 Å². The fourth-order valence-corrected chi connectivity index (χ4v) is 3.57. The molecule has 1 aliphatic heterocycles. The Bertz CT molecular complexity index is 882. The lowest BCUT2D eigenvalue weighted by atomic mass is 9.93. The molecule has 1 amide bonds. The molecular weight excluding hydrogens is 350 g/mol. The van der Waals surface area contributed by atoms with Crippen LogP contribution in [0.5, 0.6) is 5.88 Å². The van der Waals surface area contributed by atoms with Gasteiger partial charge in [0.1, 0.15) is 0 Å². The van der Waals surface area contributed by atoms with E-state index in [0.29, 0.717) is 25.3 Å². The molecule has 0 saturated carbocycles. The average molecular weight is 380 g/mol. The molecule has 0 unspecified atom stereocenters. The van der Waals surface area contributed by atoms with Crippen LogP contribution in [0.25, 0.3) is 0 Å². The molecule has 3 rings (SSSR count). The van der Waals surface area contributed by atoms with Crippen LogP contribution in [0.1, 0.15) is 55.5 Å². The number of nitrogens with zero attached hydrogens (tertiary/aromatic N) is 3.